The van der Waals surface area contributed by atoms with Crippen LogP contribution in [0.4, 0.5) is 0 Å². The molecule has 1 nitrogen and oxygen atoms in total. The smallest absolute Gasteiger partial charge is 0.0441 e. The highest BCUT2D eigenvalue weighted by Crippen LogP contribution is 2.11. The van der Waals surface area contributed by atoms with E-state index < -0.39 is 0 Å². The van der Waals surface area contributed by atoms with Gasteiger partial charge in [0.15, 0.2) is 0 Å². The second-order valence-electron chi connectivity index (χ2n) is 2.54. The van der Waals surface area contributed by atoms with Gasteiger partial charge >= 0.3 is 0 Å². The van der Waals surface area contributed by atoms with Crippen molar-refractivity contribution < 1.29 is 0 Å². The molecule has 9 heavy (non-hydrogen) atoms. The number of hydrogen-bond donors (Lipinski definition) is 0. The second-order valence-corrected chi connectivity index (χ2v) is 2.54. The van der Waals surface area contributed by atoms with Crippen molar-refractivity contribution >= 4 is 0 Å². The summed E-state index contributed by atoms with van der Waals surface area (Å²) in [6.07, 6.45) is 6.42. The molecular formula is C8H13N. The van der Waals surface area contributed by atoms with Crippen molar-refractivity contribution in [3.63, 3.8) is 0 Å². The first-order valence-electron chi connectivity index (χ1n) is 3.30. The average Bonchev–Trinajstić information content (AvgIpc) is 1.83. The van der Waals surface area contributed by atoms with Crippen molar-refractivity contribution in [1.29, 1.82) is 0 Å². The van der Waals surface area contributed by atoms with Gasteiger partial charge in [-0.3, -0.25) is 0 Å². The molecule has 0 aromatic carbocycles. The van der Waals surface area contributed by atoms with Crippen molar-refractivity contribution in [2.45, 2.75) is 19.9 Å². The lowest BCUT2D eigenvalue weighted by atomic mass is 10.2. The lowest BCUT2D eigenvalue weighted by Gasteiger charge is -2.27. The average molecular weight is 123 g/mol. The SMILES string of the molecule is CC1=CC=CC(C)N1C. The highest BCUT2D eigenvalue weighted by atomic mass is 15.1. The topological polar surface area (TPSA) is 3.24 Å². The first kappa shape index (κ1) is 6.40. The molecule has 0 aromatic rings. The number of rotatable bonds is 0. The molecule has 0 saturated carbocycles. The summed E-state index contributed by atoms with van der Waals surface area (Å²) < 4.78 is 0. The van der Waals surface area contributed by atoms with E-state index in [1.54, 1.807) is 0 Å². The summed E-state index contributed by atoms with van der Waals surface area (Å²) in [7, 11) is 2.11. The Labute approximate surface area is 56.7 Å². The number of likely N-dealkylation sites (N-methyl/N-ethyl adjacent to an activating group) is 1. The predicted molar refractivity (Wildman–Crippen MR) is 40.1 cm³/mol. The van der Waals surface area contributed by atoms with Gasteiger partial charge in [0, 0.05) is 18.8 Å². The molecule has 1 heteroatoms. The first-order chi connectivity index (χ1) is 4.22. The molecule has 0 spiro atoms. The van der Waals surface area contributed by atoms with Crippen LogP contribution >= 0.6 is 0 Å². The second kappa shape index (κ2) is 2.26. The van der Waals surface area contributed by atoms with Crippen molar-refractivity contribution in [3.05, 3.63) is 23.9 Å². The van der Waals surface area contributed by atoms with E-state index >= 15 is 0 Å². The van der Waals surface area contributed by atoms with E-state index in [1.165, 1.54) is 5.70 Å². The molecule has 0 aliphatic carbocycles. The Bertz CT molecular complexity index is 156. The maximum atomic E-state index is 2.25. The predicted octanol–water partition coefficient (Wildman–Crippen LogP) is 1.78. The van der Waals surface area contributed by atoms with Gasteiger partial charge < -0.3 is 4.90 Å². The molecule has 1 unspecified atom stereocenters. The number of hydrogen-bond acceptors (Lipinski definition) is 1. The van der Waals surface area contributed by atoms with Crippen LogP contribution in [0.3, 0.4) is 0 Å². The summed E-state index contributed by atoms with van der Waals surface area (Å²) in [6.45, 7) is 4.31. The first-order valence-corrected chi connectivity index (χ1v) is 3.30. The molecule has 0 saturated heterocycles. The Balaban J connectivity index is 2.73. The summed E-state index contributed by atoms with van der Waals surface area (Å²) in [5.74, 6) is 0. The van der Waals surface area contributed by atoms with E-state index in [0.29, 0.717) is 6.04 Å². The molecule has 1 atom stereocenters. The highest BCUT2D eigenvalue weighted by Gasteiger charge is 2.07. The molecule has 0 bridgehead atoms. The number of nitrogens with zero attached hydrogens (tertiary/aromatic N) is 1. The van der Waals surface area contributed by atoms with Crippen LogP contribution < -0.4 is 0 Å². The fourth-order valence-electron chi connectivity index (χ4n) is 0.923. The van der Waals surface area contributed by atoms with Crippen LogP contribution in [-0.4, -0.2) is 18.0 Å². The zero-order chi connectivity index (χ0) is 6.85. The molecule has 0 radical (unpaired) electrons. The monoisotopic (exact) mass is 123 g/mol. The van der Waals surface area contributed by atoms with E-state index in [1.807, 2.05) is 0 Å². The van der Waals surface area contributed by atoms with Gasteiger partial charge in [0.25, 0.3) is 0 Å². The molecular weight excluding hydrogens is 110 g/mol. The summed E-state index contributed by atoms with van der Waals surface area (Å²) in [6, 6.07) is 0.565. The van der Waals surface area contributed by atoms with Crippen LogP contribution in [-0.2, 0) is 0 Å². The molecule has 0 N–H and O–H groups in total. The van der Waals surface area contributed by atoms with Crippen LogP contribution in [0.1, 0.15) is 13.8 Å². The number of allylic oxidation sites excluding steroid dienone is 3. The summed E-state index contributed by atoms with van der Waals surface area (Å²) >= 11 is 0. The normalized spacial score (nSPS) is 26.3. The third-order valence-corrected chi connectivity index (χ3v) is 1.89. The van der Waals surface area contributed by atoms with Gasteiger partial charge in [0.2, 0.25) is 0 Å². The minimum absolute atomic E-state index is 0.565. The van der Waals surface area contributed by atoms with Crippen molar-refractivity contribution in [3.8, 4) is 0 Å². The standard InChI is InChI=1S/C8H13N/c1-7-5-4-6-8(2)9(7)3/h4-7H,1-3H3. The van der Waals surface area contributed by atoms with Crippen LogP contribution in [0.15, 0.2) is 23.9 Å². The maximum Gasteiger partial charge on any atom is 0.0441 e. The Morgan fingerprint density at radius 1 is 1.56 bits per heavy atom. The molecule has 1 aliphatic rings. The van der Waals surface area contributed by atoms with E-state index in [9.17, 15) is 0 Å². The molecule has 50 valence electrons. The van der Waals surface area contributed by atoms with Gasteiger partial charge in [-0.1, -0.05) is 12.2 Å². The van der Waals surface area contributed by atoms with Crippen LogP contribution in [0.2, 0.25) is 0 Å². The minimum Gasteiger partial charge on any atom is -0.372 e. The molecule has 0 aromatic heterocycles. The highest BCUT2D eigenvalue weighted by molar-refractivity contribution is 5.17. The summed E-state index contributed by atoms with van der Waals surface area (Å²) in [5.41, 5.74) is 1.34. The summed E-state index contributed by atoms with van der Waals surface area (Å²) in [4.78, 5) is 2.25. The quantitative estimate of drug-likeness (QED) is 0.474. The van der Waals surface area contributed by atoms with Crippen LogP contribution in [0.25, 0.3) is 0 Å². The van der Waals surface area contributed by atoms with Gasteiger partial charge in [-0.25, -0.2) is 0 Å². The molecule has 1 heterocycles. The Morgan fingerprint density at radius 3 is 2.67 bits per heavy atom. The molecule has 1 rings (SSSR count). The van der Waals surface area contributed by atoms with Gasteiger partial charge in [-0.15, -0.1) is 0 Å². The van der Waals surface area contributed by atoms with Gasteiger partial charge in [-0.2, -0.15) is 0 Å². The lowest BCUT2D eigenvalue weighted by molar-refractivity contribution is 0.369. The zero-order valence-corrected chi connectivity index (χ0v) is 6.26. The third-order valence-electron chi connectivity index (χ3n) is 1.89. The molecule has 0 fully saturated rings. The van der Waals surface area contributed by atoms with Crippen molar-refractivity contribution in [1.82, 2.24) is 4.90 Å². The Morgan fingerprint density at radius 2 is 2.22 bits per heavy atom. The maximum absolute atomic E-state index is 2.25. The van der Waals surface area contributed by atoms with E-state index in [-0.39, 0.29) is 0 Å². The fourth-order valence-corrected chi connectivity index (χ4v) is 0.923. The van der Waals surface area contributed by atoms with Crippen molar-refractivity contribution in [2.75, 3.05) is 7.05 Å². The van der Waals surface area contributed by atoms with Crippen LogP contribution in [0.5, 0.6) is 0 Å². The van der Waals surface area contributed by atoms with Gasteiger partial charge in [0.1, 0.15) is 0 Å². The van der Waals surface area contributed by atoms with Gasteiger partial charge in [0.05, 0.1) is 0 Å². The van der Waals surface area contributed by atoms with Crippen molar-refractivity contribution in [2.24, 2.45) is 0 Å². The van der Waals surface area contributed by atoms with Crippen LogP contribution in [0, 0.1) is 0 Å². The lowest BCUT2D eigenvalue weighted by Crippen LogP contribution is -2.26. The largest absolute Gasteiger partial charge is 0.372 e. The van der Waals surface area contributed by atoms with E-state index in [0.717, 1.165) is 0 Å². The molecule has 0 amide bonds. The Kier molecular flexibility index (Phi) is 1.60. The fraction of sp³-hybridized carbons (Fsp3) is 0.500. The van der Waals surface area contributed by atoms with E-state index in [4.69, 9.17) is 0 Å². The minimum atomic E-state index is 0.565. The summed E-state index contributed by atoms with van der Waals surface area (Å²) in [5, 5.41) is 0. The van der Waals surface area contributed by atoms with E-state index in [2.05, 4.69) is 44.0 Å². The Hall–Kier alpha value is -0.720. The van der Waals surface area contributed by atoms with Gasteiger partial charge in [-0.05, 0) is 19.9 Å². The zero-order valence-electron chi connectivity index (χ0n) is 6.26. The molecule has 1 aliphatic heterocycles. The third kappa shape index (κ3) is 1.15.